The third kappa shape index (κ3) is 3.61. The number of nitrogens with zero attached hydrogens (tertiary/aromatic N) is 4. The van der Waals surface area contributed by atoms with Gasteiger partial charge < -0.3 is 9.88 Å². The Kier molecular flexibility index (Phi) is 4.70. The van der Waals surface area contributed by atoms with Gasteiger partial charge in [0.25, 0.3) is 5.91 Å². The molecule has 1 fully saturated rings. The largest absolute Gasteiger partial charge is 0.345 e. The summed E-state index contributed by atoms with van der Waals surface area (Å²) in [5.74, 6) is -0.0896. The highest BCUT2D eigenvalue weighted by atomic mass is 32.2. The van der Waals surface area contributed by atoms with E-state index in [4.69, 9.17) is 0 Å². The number of fused-ring (bicyclic) bond motifs is 3. The van der Waals surface area contributed by atoms with Crippen molar-refractivity contribution in [2.75, 3.05) is 14.1 Å². The number of H-pyrrole nitrogens is 1. The van der Waals surface area contributed by atoms with Crippen molar-refractivity contribution in [3.05, 3.63) is 54.4 Å². The summed E-state index contributed by atoms with van der Waals surface area (Å²) in [6, 6.07) is 14.0. The lowest BCUT2D eigenvalue weighted by Gasteiger charge is -2.11. The zero-order valence-corrected chi connectivity index (χ0v) is 18.8. The quantitative estimate of drug-likeness (QED) is 0.471. The number of nitrogens with one attached hydrogen (secondary N) is 2. The molecule has 0 aliphatic heterocycles. The van der Waals surface area contributed by atoms with Gasteiger partial charge in [0.15, 0.2) is 0 Å². The van der Waals surface area contributed by atoms with Crippen LogP contribution >= 0.6 is 0 Å². The molecule has 0 spiro atoms. The fraction of sp³-hybridized carbons (Fsp3) is 0.217. The molecule has 1 saturated carbocycles. The van der Waals surface area contributed by atoms with Gasteiger partial charge in [0.2, 0.25) is 10.0 Å². The first-order valence-corrected chi connectivity index (χ1v) is 11.8. The van der Waals surface area contributed by atoms with Crippen molar-refractivity contribution in [3.8, 4) is 17.3 Å². The molecule has 0 atom stereocenters. The molecule has 5 rings (SSSR count). The lowest BCUT2D eigenvalue weighted by molar-refractivity contribution is 0.0827. The molecule has 1 amide bonds. The first kappa shape index (κ1) is 21.1. The standard InChI is InChI=1S/C23H20N6O3S/c1-29(2)22(30)15-5-3-14(4-6-15)20-19-17-8-7-16(11-18(17)27-21(19)26-13-25-20)33(31,32)28-23(12-24)9-10-23/h3-8,11,13,28H,9-10H2,1-2H3,(H,25,26,27). The zero-order chi connectivity index (χ0) is 23.4. The van der Waals surface area contributed by atoms with E-state index in [0.717, 1.165) is 16.3 Å². The minimum Gasteiger partial charge on any atom is -0.345 e. The van der Waals surface area contributed by atoms with E-state index in [1.807, 2.05) is 18.2 Å². The van der Waals surface area contributed by atoms with Crippen molar-refractivity contribution >= 4 is 37.9 Å². The predicted molar refractivity (Wildman–Crippen MR) is 123 cm³/mol. The van der Waals surface area contributed by atoms with Crippen LogP contribution in [-0.2, 0) is 10.0 Å². The summed E-state index contributed by atoms with van der Waals surface area (Å²) in [6.07, 6.45) is 2.46. The third-order valence-corrected chi connectivity index (χ3v) is 7.31. The number of nitriles is 1. The van der Waals surface area contributed by atoms with E-state index in [9.17, 15) is 18.5 Å². The molecule has 0 radical (unpaired) electrons. The zero-order valence-electron chi connectivity index (χ0n) is 18.0. The molecule has 2 aromatic carbocycles. The Balaban J connectivity index is 1.58. The van der Waals surface area contributed by atoms with Gasteiger partial charge in [0, 0.05) is 36.1 Å². The number of rotatable bonds is 5. The van der Waals surface area contributed by atoms with Crippen LogP contribution in [0.15, 0.2) is 53.7 Å². The number of hydrogen-bond donors (Lipinski definition) is 2. The molecule has 4 aromatic rings. The van der Waals surface area contributed by atoms with Gasteiger partial charge in [-0.15, -0.1) is 0 Å². The Morgan fingerprint density at radius 3 is 2.52 bits per heavy atom. The molecular formula is C23H20N6O3S. The molecule has 2 heterocycles. The van der Waals surface area contributed by atoms with E-state index in [1.54, 1.807) is 32.3 Å². The fourth-order valence-electron chi connectivity index (χ4n) is 3.80. The van der Waals surface area contributed by atoms with Crippen LogP contribution in [0.5, 0.6) is 0 Å². The van der Waals surface area contributed by atoms with Crippen LogP contribution in [0.1, 0.15) is 23.2 Å². The molecule has 2 aromatic heterocycles. The third-order valence-electron chi connectivity index (χ3n) is 5.78. The SMILES string of the molecule is CN(C)C(=O)c1ccc(-c2ncnc3[nH]c4cc(S(=O)(=O)NC5(C#N)CC5)ccc4c23)cc1. The Morgan fingerprint density at radius 1 is 1.15 bits per heavy atom. The molecule has 1 aliphatic carbocycles. The minimum absolute atomic E-state index is 0.0733. The number of amides is 1. The van der Waals surface area contributed by atoms with Crippen LogP contribution in [0.2, 0.25) is 0 Å². The smallest absolute Gasteiger partial charge is 0.253 e. The van der Waals surface area contributed by atoms with Gasteiger partial charge in [0.1, 0.15) is 17.5 Å². The van der Waals surface area contributed by atoms with E-state index >= 15 is 0 Å². The number of benzene rings is 2. The maximum Gasteiger partial charge on any atom is 0.253 e. The number of aromatic nitrogens is 3. The maximum atomic E-state index is 12.8. The van der Waals surface area contributed by atoms with Gasteiger partial charge in [-0.1, -0.05) is 18.2 Å². The Bertz CT molecular complexity index is 1560. The molecule has 0 unspecified atom stereocenters. The first-order valence-electron chi connectivity index (χ1n) is 10.3. The van der Waals surface area contributed by atoms with E-state index in [2.05, 4.69) is 19.7 Å². The summed E-state index contributed by atoms with van der Waals surface area (Å²) in [5, 5.41) is 10.8. The summed E-state index contributed by atoms with van der Waals surface area (Å²) in [4.78, 5) is 25.7. The second-order valence-electron chi connectivity index (χ2n) is 8.35. The second-order valence-corrected chi connectivity index (χ2v) is 10.0. The lowest BCUT2D eigenvalue weighted by atomic mass is 10.0. The Hall–Kier alpha value is -3.81. The van der Waals surface area contributed by atoms with Crippen LogP contribution in [0.25, 0.3) is 33.2 Å². The molecule has 9 nitrogen and oxygen atoms in total. The summed E-state index contributed by atoms with van der Waals surface area (Å²) in [6.45, 7) is 0. The van der Waals surface area contributed by atoms with Crippen molar-refractivity contribution in [1.82, 2.24) is 24.6 Å². The highest BCUT2D eigenvalue weighted by Crippen LogP contribution is 2.37. The number of aromatic amines is 1. The summed E-state index contributed by atoms with van der Waals surface area (Å²) in [5.41, 5.74) is 2.22. The van der Waals surface area contributed by atoms with Crippen molar-refractivity contribution in [1.29, 1.82) is 5.26 Å². The molecule has 10 heteroatoms. The molecule has 0 saturated heterocycles. The van der Waals surface area contributed by atoms with Gasteiger partial charge >= 0.3 is 0 Å². The van der Waals surface area contributed by atoms with Crippen molar-refractivity contribution < 1.29 is 13.2 Å². The number of carbonyl (C=O) groups excluding carboxylic acids is 1. The van der Waals surface area contributed by atoms with Crippen LogP contribution in [0, 0.1) is 11.3 Å². The van der Waals surface area contributed by atoms with Gasteiger partial charge in [0.05, 0.1) is 22.0 Å². The lowest BCUT2D eigenvalue weighted by Crippen LogP contribution is -2.35. The van der Waals surface area contributed by atoms with Gasteiger partial charge in [-0.3, -0.25) is 4.79 Å². The predicted octanol–water partition coefficient (Wildman–Crippen LogP) is 2.81. The highest BCUT2D eigenvalue weighted by Gasteiger charge is 2.46. The van der Waals surface area contributed by atoms with E-state index in [0.29, 0.717) is 35.3 Å². The molecule has 33 heavy (non-hydrogen) atoms. The molecule has 166 valence electrons. The van der Waals surface area contributed by atoms with Gasteiger partial charge in [-0.2, -0.15) is 9.98 Å². The topological polar surface area (TPSA) is 132 Å². The molecular weight excluding hydrogens is 440 g/mol. The van der Waals surface area contributed by atoms with Crippen LogP contribution in [0.3, 0.4) is 0 Å². The maximum absolute atomic E-state index is 12.8. The van der Waals surface area contributed by atoms with Crippen molar-refractivity contribution in [2.45, 2.75) is 23.3 Å². The van der Waals surface area contributed by atoms with Crippen molar-refractivity contribution in [3.63, 3.8) is 0 Å². The first-order chi connectivity index (χ1) is 15.7. The van der Waals surface area contributed by atoms with Crippen LogP contribution < -0.4 is 4.72 Å². The van der Waals surface area contributed by atoms with Crippen LogP contribution in [0.4, 0.5) is 0 Å². The Labute approximate surface area is 190 Å². The highest BCUT2D eigenvalue weighted by molar-refractivity contribution is 7.89. The average molecular weight is 461 g/mol. The van der Waals surface area contributed by atoms with E-state index in [1.165, 1.54) is 23.4 Å². The summed E-state index contributed by atoms with van der Waals surface area (Å²) in [7, 11) is -0.445. The fourth-order valence-corrected chi connectivity index (χ4v) is 5.20. The van der Waals surface area contributed by atoms with Gasteiger partial charge in [-0.25, -0.2) is 18.4 Å². The number of sulfonamides is 1. The molecule has 1 aliphatic rings. The average Bonchev–Trinajstić information content (AvgIpc) is 3.47. The van der Waals surface area contributed by atoms with Crippen molar-refractivity contribution in [2.24, 2.45) is 0 Å². The number of carbonyl (C=O) groups is 1. The van der Waals surface area contributed by atoms with E-state index < -0.39 is 15.6 Å². The summed E-state index contributed by atoms with van der Waals surface area (Å²) < 4.78 is 28.1. The molecule has 0 bridgehead atoms. The monoisotopic (exact) mass is 460 g/mol. The summed E-state index contributed by atoms with van der Waals surface area (Å²) >= 11 is 0. The number of hydrogen-bond acceptors (Lipinski definition) is 6. The van der Waals surface area contributed by atoms with Gasteiger partial charge in [-0.05, 0) is 37.1 Å². The van der Waals surface area contributed by atoms with Crippen LogP contribution in [-0.4, -0.2) is 53.8 Å². The second kappa shape index (κ2) is 7.37. The molecule has 2 N–H and O–H groups in total. The normalized spacial score (nSPS) is 14.8. The Morgan fingerprint density at radius 2 is 1.88 bits per heavy atom. The van der Waals surface area contributed by atoms with E-state index in [-0.39, 0.29) is 10.8 Å². The minimum atomic E-state index is -3.84.